The summed E-state index contributed by atoms with van der Waals surface area (Å²) in [7, 11) is 3.98. The van der Waals surface area contributed by atoms with Gasteiger partial charge in [0.1, 0.15) is 0 Å². The Hall–Kier alpha value is -2.50. The van der Waals surface area contributed by atoms with Gasteiger partial charge < -0.3 is 15.3 Å². The maximum Gasteiger partial charge on any atom is 0.356 e. The monoisotopic (exact) mass is 288 g/mol. The summed E-state index contributed by atoms with van der Waals surface area (Å²) in [6.07, 6.45) is 1.56. The molecule has 0 radical (unpaired) electrons. The molecule has 0 saturated carbocycles. The predicted molar refractivity (Wildman–Crippen MR) is 83.0 cm³/mol. The third-order valence-corrected chi connectivity index (χ3v) is 3.28. The van der Waals surface area contributed by atoms with E-state index in [1.165, 1.54) is 4.68 Å². The molecule has 1 heterocycles. The lowest BCUT2D eigenvalue weighted by molar-refractivity contribution is 0.0684. The van der Waals surface area contributed by atoms with Crippen molar-refractivity contribution in [3.8, 4) is 0 Å². The predicted octanol–water partition coefficient (Wildman–Crippen LogP) is 2.28. The lowest BCUT2D eigenvalue weighted by Gasteiger charge is -2.13. The Morgan fingerprint density at radius 3 is 2.52 bits per heavy atom. The third kappa shape index (κ3) is 3.34. The highest BCUT2D eigenvalue weighted by Crippen LogP contribution is 2.17. The SMILES string of the molecule is CCn1ncc(NCc2ccc(N(C)C)cc2)c1C(=O)O. The number of rotatable bonds is 6. The number of carboxylic acid groups (broad SMARTS) is 1. The first-order chi connectivity index (χ1) is 10.0. The van der Waals surface area contributed by atoms with Gasteiger partial charge in [0.25, 0.3) is 0 Å². The van der Waals surface area contributed by atoms with Crippen LogP contribution in [-0.2, 0) is 13.1 Å². The summed E-state index contributed by atoms with van der Waals surface area (Å²) in [6.45, 7) is 2.95. The van der Waals surface area contributed by atoms with Gasteiger partial charge in [-0.3, -0.25) is 4.68 Å². The maximum absolute atomic E-state index is 11.3. The first-order valence-corrected chi connectivity index (χ1v) is 6.82. The van der Waals surface area contributed by atoms with E-state index in [4.69, 9.17) is 0 Å². The second kappa shape index (κ2) is 6.30. The van der Waals surface area contributed by atoms with Crippen molar-refractivity contribution in [2.45, 2.75) is 20.0 Å². The molecule has 6 heteroatoms. The molecule has 0 aliphatic carbocycles. The molecule has 6 nitrogen and oxygen atoms in total. The molecule has 0 fully saturated rings. The van der Waals surface area contributed by atoms with E-state index >= 15 is 0 Å². The van der Waals surface area contributed by atoms with Crippen LogP contribution in [0.25, 0.3) is 0 Å². The Morgan fingerprint density at radius 1 is 1.33 bits per heavy atom. The van der Waals surface area contributed by atoms with E-state index in [0.29, 0.717) is 18.8 Å². The van der Waals surface area contributed by atoms with Gasteiger partial charge in [-0.05, 0) is 24.6 Å². The molecule has 0 aliphatic heterocycles. The van der Waals surface area contributed by atoms with Gasteiger partial charge in [-0.25, -0.2) is 4.79 Å². The molecule has 0 atom stereocenters. The number of carboxylic acids is 1. The molecule has 0 aliphatic rings. The summed E-state index contributed by atoms with van der Waals surface area (Å²) in [4.78, 5) is 13.3. The number of nitrogens with zero attached hydrogens (tertiary/aromatic N) is 3. The Morgan fingerprint density at radius 2 is 2.00 bits per heavy atom. The number of nitrogens with one attached hydrogen (secondary N) is 1. The summed E-state index contributed by atoms with van der Waals surface area (Å²) in [6, 6.07) is 8.11. The quantitative estimate of drug-likeness (QED) is 0.853. The normalized spacial score (nSPS) is 10.4. The number of hydrogen-bond donors (Lipinski definition) is 2. The van der Waals surface area contributed by atoms with Gasteiger partial charge in [0.05, 0.1) is 11.9 Å². The third-order valence-electron chi connectivity index (χ3n) is 3.28. The maximum atomic E-state index is 11.3. The molecule has 112 valence electrons. The summed E-state index contributed by atoms with van der Waals surface area (Å²) >= 11 is 0. The van der Waals surface area contributed by atoms with Crippen LogP contribution < -0.4 is 10.2 Å². The summed E-state index contributed by atoms with van der Waals surface area (Å²) in [5.74, 6) is -0.972. The Labute approximate surface area is 124 Å². The summed E-state index contributed by atoms with van der Waals surface area (Å²) in [5, 5.41) is 16.5. The molecule has 1 aromatic carbocycles. The minimum Gasteiger partial charge on any atom is -0.476 e. The Bertz CT molecular complexity index is 617. The first kappa shape index (κ1) is 14.9. The van der Waals surface area contributed by atoms with E-state index in [1.54, 1.807) is 6.20 Å². The number of anilines is 2. The van der Waals surface area contributed by atoms with E-state index in [0.717, 1.165) is 11.3 Å². The van der Waals surface area contributed by atoms with E-state index in [-0.39, 0.29) is 5.69 Å². The van der Waals surface area contributed by atoms with Crippen molar-refractivity contribution in [1.29, 1.82) is 0 Å². The number of aryl methyl sites for hydroxylation is 1. The van der Waals surface area contributed by atoms with Crippen molar-refractivity contribution in [3.63, 3.8) is 0 Å². The van der Waals surface area contributed by atoms with E-state index in [9.17, 15) is 9.90 Å². The van der Waals surface area contributed by atoms with Crippen molar-refractivity contribution in [1.82, 2.24) is 9.78 Å². The molecule has 21 heavy (non-hydrogen) atoms. The highest BCUT2D eigenvalue weighted by Gasteiger charge is 2.16. The molecule has 0 amide bonds. The lowest BCUT2D eigenvalue weighted by Crippen LogP contribution is -2.11. The van der Waals surface area contributed by atoms with Crippen molar-refractivity contribution in [2.75, 3.05) is 24.3 Å². The van der Waals surface area contributed by atoms with Gasteiger partial charge in [-0.2, -0.15) is 5.10 Å². The number of hydrogen-bond acceptors (Lipinski definition) is 4. The average Bonchev–Trinajstić information content (AvgIpc) is 2.88. The smallest absolute Gasteiger partial charge is 0.356 e. The van der Waals surface area contributed by atoms with Crippen LogP contribution in [0, 0.1) is 0 Å². The second-order valence-corrected chi connectivity index (χ2v) is 4.94. The van der Waals surface area contributed by atoms with Crippen molar-refractivity contribution >= 4 is 17.3 Å². The zero-order chi connectivity index (χ0) is 15.4. The van der Waals surface area contributed by atoms with Crippen LogP contribution in [0.2, 0.25) is 0 Å². The molecule has 2 rings (SSSR count). The van der Waals surface area contributed by atoms with E-state index in [1.807, 2.05) is 50.2 Å². The van der Waals surface area contributed by atoms with E-state index < -0.39 is 5.97 Å². The van der Waals surface area contributed by atoms with Crippen LogP contribution in [0.3, 0.4) is 0 Å². The first-order valence-electron chi connectivity index (χ1n) is 6.82. The topological polar surface area (TPSA) is 70.4 Å². The zero-order valence-corrected chi connectivity index (χ0v) is 12.5. The number of benzene rings is 1. The summed E-state index contributed by atoms with van der Waals surface area (Å²) in [5.41, 5.74) is 2.95. The number of carbonyl (C=O) groups is 1. The standard InChI is InChI=1S/C15H20N4O2/c1-4-19-14(15(20)21)13(10-17-19)16-9-11-5-7-12(8-6-11)18(2)3/h5-8,10,16H,4,9H2,1-3H3,(H,20,21). The van der Waals surface area contributed by atoms with Gasteiger partial charge >= 0.3 is 5.97 Å². The molecule has 0 saturated heterocycles. The second-order valence-electron chi connectivity index (χ2n) is 4.94. The van der Waals surface area contributed by atoms with Crippen LogP contribution in [0.4, 0.5) is 11.4 Å². The van der Waals surface area contributed by atoms with Gasteiger partial charge in [-0.15, -0.1) is 0 Å². The Balaban J connectivity index is 2.09. The number of aromatic carboxylic acids is 1. The lowest BCUT2D eigenvalue weighted by atomic mass is 10.2. The van der Waals surface area contributed by atoms with Crippen molar-refractivity contribution in [3.05, 3.63) is 41.7 Å². The molecule has 0 bridgehead atoms. The van der Waals surface area contributed by atoms with Gasteiger partial charge in [0, 0.05) is 32.9 Å². The molecule has 1 aromatic heterocycles. The Kier molecular flexibility index (Phi) is 4.47. The zero-order valence-electron chi connectivity index (χ0n) is 12.5. The van der Waals surface area contributed by atoms with Gasteiger partial charge in [0.15, 0.2) is 5.69 Å². The fraction of sp³-hybridized carbons (Fsp3) is 0.333. The largest absolute Gasteiger partial charge is 0.476 e. The molecule has 2 aromatic rings. The van der Waals surface area contributed by atoms with Crippen molar-refractivity contribution in [2.24, 2.45) is 0 Å². The molecule has 0 unspecified atom stereocenters. The fourth-order valence-electron chi connectivity index (χ4n) is 2.09. The van der Waals surface area contributed by atoms with Crippen LogP contribution >= 0.6 is 0 Å². The minimum atomic E-state index is -0.972. The number of aromatic nitrogens is 2. The average molecular weight is 288 g/mol. The fourth-order valence-corrected chi connectivity index (χ4v) is 2.09. The van der Waals surface area contributed by atoms with Crippen molar-refractivity contribution < 1.29 is 9.90 Å². The summed E-state index contributed by atoms with van der Waals surface area (Å²) < 4.78 is 1.47. The van der Waals surface area contributed by atoms with Gasteiger partial charge in [0.2, 0.25) is 0 Å². The molecular formula is C15H20N4O2. The highest BCUT2D eigenvalue weighted by atomic mass is 16.4. The van der Waals surface area contributed by atoms with Crippen LogP contribution in [0.5, 0.6) is 0 Å². The van der Waals surface area contributed by atoms with Crippen LogP contribution in [-0.4, -0.2) is 35.0 Å². The van der Waals surface area contributed by atoms with E-state index in [2.05, 4.69) is 10.4 Å². The molecule has 0 spiro atoms. The van der Waals surface area contributed by atoms with Gasteiger partial charge in [-0.1, -0.05) is 12.1 Å². The van der Waals surface area contributed by atoms with Crippen LogP contribution in [0.15, 0.2) is 30.5 Å². The molecule has 2 N–H and O–H groups in total. The minimum absolute atomic E-state index is 0.197. The molecular weight excluding hydrogens is 268 g/mol. The van der Waals surface area contributed by atoms with Crippen LogP contribution in [0.1, 0.15) is 23.0 Å². The highest BCUT2D eigenvalue weighted by molar-refractivity contribution is 5.92.